The fourth-order valence-corrected chi connectivity index (χ4v) is 1.42. The molecule has 94 valence electrons. The zero-order valence-corrected chi connectivity index (χ0v) is 10.7. The summed E-state index contributed by atoms with van der Waals surface area (Å²) < 4.78 is 40.5. The predicted molar refractivity (Wildman–Crippen MR) is 63.3 cm³/mol. The average Bonchev–Trinajstić information content (AvgIpc) is 2.19. The fraction of sp³-hybridized carbons (Fsp3) is 0.222. The van der Waals surface area contributed by atoms with Crippen molar-refractivity contribution in [3.05, 3.63) is 22.7 Å². The van der Waals surface area contributed by atoms with Gasteiger partial charge in [0.05, 0.1) is 11.4 Å². The third-order valence-electron chi connectivity index (χ3n) is 1.59. The number of rotatable bonds is 3. The summed E-state index contributed by atoms with van der Waals surface area (Å²) in [6, 6.07) is 3.89. The van der Waals surface area contributed by atoms with Crippen LogP contribution in [-0.2, 0) is 4.79 Å². The van der Waals surface area contributed by atoms with Crippen LogP contribution >= 0.6 is 28.6 Å². The van der Waals surface area contributed by atoms with Crippen LogP contribution in [0.5, 0.6) is 5.75 Å². The lowest BCUT2D eigenvalue weighted by Crippen LogP contribution is -2.20. The van der Waals surface area contributed by atoms with Gasteiger partial charge in [-0.25, -0.2) is 0 Å². The van der Waals surface area contributed by atoms with E-state index in [-0.39, 0.29) is 11.4 Å². The summed E-state index contributed by atoms with van der Waals surface area (Å²) in [7, 11) is 0. The highest BCUT2D eigenvalue weighted by molar-refractivity contribution is 9.10. The Labute approximate surface area is 109 Å². The molecule has 0 aliphatic carbocycles. The van der Waals surface area contributed by atoms with Crippen LogP contribution in [0.25, 0.3) is 0 Å². The monoisotopic (exact) mass is 329 g/mol. The lowest BCUT2D eigenvalue weighted by molar-refractivity contribution is -0.274. The number of halogens is 4. The first-order valence-corrected chi connectivity index (χ1v) is 5.70. The van der Waals surface area contributed by atoms with Gasteiger partial charge in [-0.1, -0.05) is 15.9 Å². The van der Waals surface area contributed by atoms with E-state index in [9.17, 15) is 18.0 Å². The number of nitrogens with one attached hydrogen (secondary N) is 1. The van der Waals surface area contributed by atoms with Gasteiger partial charge in [0.2, 0.25) is 5.91 Å². The molecule has 0 aromatic heterocycles. The molecule has 0 fully saturated rings. The van der Waals surface area contributed by atoms with Gasteiger partial charge < -0.3 is 10.1 Å². The zero-order chi connectivity index (χ0) is 13.1. The topological polar surface area (TPSA) is 38.3 Å². The van der Waals surface area contributed by atoms with Gasteiger partial charge in [0.25, 0.3) is 0 Å². The van der Waals surface area contributed by atoms with Crippen LogP contribution in [-0.4, -0.2) is 18.0 Å². The zero-order valence-electron chi connectivity index (χ0n) is 8.21. The molecule has 1 rings (SSSR count). The Bertz CT molecular complexity index is 425. The molecule has 1 aromatic rings. The van der Waals surface area contributed by atoms with Crippen molar-refractivity contribution in [1.29, 1.82) is 0 Å². The van der Waals surface area contributed by atoms with Gasteiger partial charge in [0, 0.05) is 4.47 Å². The normalized spacial score (nSPS) is 11.1. The minimum Gasteiger partial charge on any atom is -0.404 e. The molecule has 1 N–H and O–H groups in total. The van der Waals surface area contributed by atoms with Crippen molar-refractivity contribution in [2.45, 2.75) is 6.36 Å². The van der Waals surface area contributed by atoms with Crippen LogP contribution in [0.1, 0.15) is 0 Å². The van der Waals surface area contributed by atoms with Gasteiger partial charge in [-0.15, -0.1) is 13.2 Å². The van der Waals surface area contributed by atoms with Gasteiger partial charge in [-0.2, -0.15) is 12.6 Å². The number of carbonyl (C=O) groups excluding carboxylic acids is 1. The van der Waals surface area contributed by atoms with Crippen LogP contribution in [0.2, 0.25) is 0 Å². The Morgan fingerprint density at radius 3 is 2.65 bits per heavy atom. The number of hydrogen-bond donors (Lipinski definition) is 2. The third-order valence-corrected chi connectivity index (χ3v) is 2.37. The smallest absolute Gasteiger partial charge is 0.404 e. The molecule has 0 bridgehead atoms. The highest BCUT2D eigenvalue weighted by Crippen LogP contribution is 2.32. The Kier molecular flexibility index (Phi) is 4.70. The van der Waals surface area contributed by atoms with Crippen molar-refractivity contribution in [3.8, 4) is 5.75 Å². The van der Waals surface area contributed by atoms with Crippen LogP contribution in [0.15, 0.2) is 22.7 Å². The summed E-state index contributed by atoms with van der Waals surface area (Å²) in [5.41, 5.74) is -0.0652. The second-order valence-corrected chi connectivity index (χ2v) is 4.13. The van der Waals surface area contributed by atoms with Gasteiger partial charge in [-0.05, 0) is 18.2 Å². The number of amides is 1. The first kappa shape index (κ1) is 14.2. The summed E-state index contributed by atoms with van der Waals surface area (Å²) >= 11 is 6.71. The van der Waals surface area contributed by atoms with Gasteiger partial charge >= 0.3 is 6.36 Å². The first-order valence-electron chi connectivity index (χ1n) is 4.28. The molecule has 0 saturated heterocycles. The molecule has 1 aromatic carbocycles. The van der Waals surface area contributed by atoms with E-state index >= 15 is 0 Å². The highest BCUT2D eigenvalue weighted by Gasteiger charge is 2.32. The summed E-state index contributed by atoms with van der Waals surface area (Å²) in [6.07, 6.45) is -4.82. The molecule has 0 unspecified atom stereocenters. The van der Waals surface area contributed by atoms with Crippen molar-refractivity contribution >= 4 is 40.2 Å². The molecular weight excluding hydrogens is 323 g/mol. The minimum atomic E-state index is -4.82. The SMILES string of the molecule is O=C(CS)Nc1ccc(Br)cc1OC(F)(F)F. The van der Waals surface area contributed by atoms with Crippen molar-refractivity contribution in [2.24, 2.45) is 0 Å². The molecular formula is C9H7BrF3NO2S. The largest absolute Gasteiger partial charge is 0.573 e. The number of ether oxygens (including phenoxy) is 1. The van der Waals surface area contributed by atoms with Crippen molar-refractivity contribution in [1.82, 2.24) is 0 Å². The number of thiol groups is 1. The molecule has 1 amide bonds. The number of benzene rings is 1. The number of carbonyl (C=O) groups is 1. The fourth-order valence-electron chi connectivity index (χ4n) is 0.998. The van der Waals surface area contributed by atoms with Crippen LogP contribution in [0.3, 0.4) is 0 Å². The van der Waals surface area contributed by atoms with Gasteiger partial charge in [0.15, 0.2) is 5.75 Å². The lowest BCUT2D eigenvalue weighted by atomic mass is 10.3. The average molecular weight is 330 g/mol. The Hall–Kier alpha value is -0.890. The van der Waals surface area contributed by atoms with Crippen molar-refractivity contribution in [3.63, 3.8) is 0 Å². The maximum absolute atomic E-state index is 12.1. The van der Waals surface area contributed by atoms with Crippen molar-refractivity contribution in [2.75, 3.05) is 11.1 Å². The van der Waals surface area contributed by atoms with E-state index in [1.807, 2.05) is 0 Å². The van der Waals surface area contributed by atoms with Crippen LogP contribution < -0.4 is 10.1 Å². The summed E-state index contributed by atoms with van der Waals surface area (Å²) in [5.74, 6) is -1.15. The maximum Gasteiger partial charge on any atom is 0.573 e. The number of anilines is 1. The van der Waals surface area contributed by atoms with Gasteiger partial charge in [-0.3, -0.25) is 4.79 Å². The maximum atomic E-state index is 12.1. The molecule has 3 nitrogen and oxygen atoms in total. The predicted octanol–water partition coefficient (Wildman–Crippen LogP) is 3.22. The molecule has 0 saturated carbocycles. The molecule has 0 heterocycles. The summed E-state index contributed by atoms with van der Waals surface area (Å²) in [4.78, 5) is 11.0. The summed E-state index contributed by atoms with van der Waals surface area (Å²) in [5, 5.41) is 2.25. The van der Waals surface area contributed by atoms with Crippen LogP contribution in [0.4, 0.5) is 18.9 Å². The van der Waals surface area contributed by atoms with E-state index in [4.69, 9.17) is 0 Å². The third kappa shape index (κ3) is 4.86. The van der Waals surface area contributed by atoms with Crippen LogP contribution in [0, 0.1) is 0 Å². The van der Waals surface area contributed by atoms with E-state index in [0.29, 0.717) is 4.47 Å². The van der Waals surface area contributed by atoms with E-state index in [1.165, 1.54) is 12.1 Å². The molecule has 0 spiro atoms. The lowest BCUT2D eigenvalue weighted by Gasteiger charge is -2.13. The van der Waals surface area contributed by atoms with Gasteiger partial charge in [0.1, 0.15) is 0 Å². The quantitative estimate of drug-likeness (QED) is 0.836. The molecule has 0 radical (unpaired) electrons. The molecule has 0 atom stereocenters. The molecule has 17 heavy (non-hydrogen) atoms. The number of hydrogen-bond acceptors (Lipinski definition) is 3. The standard InChI is InChI=1S/C9H7BrF3NO2S/c10-5-1-2-6(14-8(15)4-17)7(3-5)16-9(11,12)13/h1-3,17H,4H2,(H,14,15). The summed E-state index contributed by atoms with van der Waals surface area (Å²) in [6.45, 7) is 0. The molecule has 8 heteroatoms. The van der Waals surface area contributed by atoms with E-state index in [2.05, 4.69) is 38.6 Å². The Morgan fingerprint density at radius 1 is 1.47 bits per heavy atom. The van der Waals surface area contributed by atoms with Crippen molar-refractivity contribution < 1.29 is 22.7 Å². The molecule has 0 aliphatic heterocycles. The second-order valence-electron chi connectivity index (χ2n) is 2.89. The van der Waals surface area contributed by atoms with E-state index in [1.54, 1.807) is 0 Å². The second kappa shape index (κ2) is 5.63. The molecule has 0 aliphatic rings. The van der Waals surface area contributed by atoms with E-state index in [0.717, 1.165) is 6.07 Å². The Morgan fingerprint density at radius 2 is 2.12 bits per heavy atom. The first-order chi connectivity index (χ1) is 7.81. The number of alkyl halides is 3. The highest BCUT2D eigenvalue weighted by atomic mass is 79.9. The Balaban J connectivity index is 2.99. The van der Waals surface area contributed by atoms with E-state index < -0.39 is 18.0 Å². The minimum absolute atomic E-state index is 0.0652.